The Kier molecular flexibility index (Phi) is 4.72. The van der Waals surface area contributed by atoms with E-state index in [1.807, 2.05) is 0 Å². The van der Waals surface area contributed by atoms with Crippen molar-refractivity contribution in [3.05, 3.63) is 57.8 Å². The molecule has 0 saturated heterocycles. The highest BCUT2D eigenvalue weighted by Crippen LogP contribution is 2.56. The molecule has 0 unspecified atom stereocenters. The van der Waals surface area contributed by atoms with Gasteiger partial charge in [-0.3, -0.25) is 4.79 Å². The molecule has 11 heteroatoms. The quantitative estimate of drug-likeness (QED) is 0.665. The molecule has 4 rings (SSSR count). The Hall–Kier alpha value is -2.69. The molecule has 3 atom stereocenters. The fraction of sp³-hybridized carbons (Fsp3) is 0.278. The maximum atomic E-state index is 14.6. The molecule has 29 heavy (non-hydrogen) atoms. The molecule has 2 aliphatic rings. The Bertz CT molecular complexity index is 1020. The van der Waals surface area contributed by atoms with E-state index in [1.165, 1.54) is 12.3 Å². The van der Waals surface area contributed by atoms with Crippen molar-refractivity contribution in [2.45, 2.75) is 24.5 Å². The van der Waals surface area contributed by atoms with E-state index in [0.717, 1.165) is 6.07 Å². The molecule has 1 aliphatic carbocycles. The van der Waals surface area contributed by atoms with Crippen molar-refractivity contribution < 1.29 is 27.1 Å². The Balaban J connectivity index is 1.75. The molecule has 2 aromatic rings. The third-order valence-corrected chi connectivity index (χ3v) is 5.34. The minimum atomic E-state index is -3.17. The van der Waals surface area contributed by atoms with Crippen LogP contribution in [0.1, 0.15) is 22.5 Å². The van der Waals surface area contributed by atoms with Crippen molar-refractivity contribution in [3.63, 3.8) is 0 Å². The minimum absolute atomic E-state index is 0.00125. The number of carbonyl (C=O) groups is 1. The molecule has 1 fully saturated rings. The molecule has 1 aromatic carbocycles. The summed E-state index contributed by atoms with van der Waals surface area (Å²) in [6.45, 7) is 0. The van der Waals surface area contributed by atoms with Gasteiger partial charge in [0.15, 0.2) is 17.2 Å². The first-order valence-electron chi connectivity index (χ1n) is 8.45. The van der Waals surface area contributed by atoms with Gasteiger partial charge in [-0.2, -0.15) is 0 Å². The van der Waals surface area contributed by atoms with Crippen LogP contribution in [-0.4, -0.2) is 29.4 Å². The summed E-state index contributed by atoms with van der Waals surface area (Å²) in [6, 6.07) is 4.10. The van der Waals surface area contributed by atoms with Gasteiger partial charge in [-0.25, -0.2) is 27.5 Å². The predicted molar refractivity (Wildman–Crippen MR) is 98.5 cm³/mol. The second kappa shape index (κ2) is 6.97. The van der Waals surface area contributed by atoms with Gasteiger partial charge in [0.1, 0.15) is 11.8 Å². The number of pyridine rings is 1. The standard InChI is InChI=1S/C18H13BrF4N4O2/c19-7-1-2-12(25-6-7)15(28)26-8-3-10(14(21)11(20)4-8)18(16(22)23)9-5-13(9)29-17(24)27-18/h1-4,6,9,13,16H,5H2,(H2,24,27)(H,26,28)/t9-,13+,18-/m0/s1. The first-order valence-corrected chi connectivity index (χ1v) is 9.24. The van der Waals surface area contributed by atoms with Gasteiger partial charge in [0.25, 0.3) is 18.4 Å². The average molecular weight is 473 g/mol. The average Bonchev–Trinajstić information content (AvgIpc) is 3.43. The van der Waals surface area contributed by atoms with E-state index in [4.69, 9.17) is 10.5 Å². The molecule has 1 aromatic heterocycles. The van der Waals surface area contributed by atoms with Crippen LogP contribution in [0, 0.1) is 17.6 Å². The van der Waals surface area contributed by atoms with Crippen molar-refractivity contribution in [1.29, 1.82) is 0 Å². The molecule has 152 valence electrons. The molecular weight excluding hydrogens is 460 g/mol. The Morgan fingerprint density at radius 1 is 1.34 bits per heavy atom. The van der Waals surface area contributed by atoms with Gasteiger partial charge < -0.3 is 15.8 Å². The molecule has 1 aliphatic heterocycles. The van der Waals surface area contributed by atoms with Gasteiger partial charge in [0, 0.05) is 33.9 Å². The molecular formula is C18H13BrF4N4O2. The first kappa shape index (κ1) is 19.6. The van der Waals surface area contributed by atoms with E-state index < -0.39 is 53.1 Å². The number of aromatic nitrogens is 1. The zero-order valence-electron chi connectivity index (χ0n) is 14.5. The van der Waals surface area contributed by atoms with Crippen LogP contribution >= 0.6 is 15.9 Å². The lowest BCUT2D eigenvalue weighted by Crippen LogP contribution is -2.43. The second-order valence-electron chi connectivity index (χ2n) is 6.71. The predicted octanol–water partition coefficient (Wildman–Crippen LogP) is 3.57. The van der Waals surface area contributed by atoms with Crippen LogP contribution in [0.15, 0.2) is 39.9 Å². The van der Waals surface area contributed by atoms with Gasteiger partial charge in [0.05, 0.1) is 0 Å². The molecule has 0 spiro atoms. The topological polar surface area (TPSA) is 89.6 Å². The maximum absolute atomic E-state index is 14.6. The van der Waals surface area contributed by atoms with Gasteiger partial charge in [-0.05, 0) is 40.5 Å². The highest BCUT2D eigenvalue weighted by molar-refractivity contribution is 9.10. The number of fused-ring (bicyclic) bond motifs is 1. The van der Waals surface area contributed by atoms with Gasteiger partial charge in [-0.15, -0.1) is 0 Å². The summed E-state index contributed by atoms with van der Waals surface area (Å²) >= 11 is 3.18. The third kappa shape index (κ3) is 3.33. The monoisotopic (exact) mass is 472 g/mol. The van der Waals surface area contributed by atoms with Crippen LogP contribution in [0.2, 0.25) is 0 Å². The summed E-state index contributed by atoms with van der Waals surface area (Å²) in [4.78, 5) is 19.9. The van der Waals surface area contributed by atoms with Crippen LogP contribution in [0.4, 0.5) is 23.2 Å². The lowest BCUT2D eigenvalue weighted by atomic mass is 9.84. The van der Waals surface area contributed by atoms with E-state index in [-0.39, 0.29) is 17.8 Å². The fourth-order valence-corrected chi connectivity index (χ4v) is 3.69. The smallest absolute Gasteiger partial charge is 0.283 e. The molecule has 2 heterocycles. The number of nitrogens with two attached hydrogens (primary N) is 1. The highest BCUT2D eigenvalue weighted by Gasteiger charge is 2.64. The van der Waals surface area contributed by atoms with E-state index in [9.17, 15) is 22.4 Å². The normalized spacial score (nSPS) is 25.1. The number of nitrogens with zero attached hydrogens (tertiary/aromatic N) is 2. The number of alkyl halides is 2. The number of nitrogens with one attached hydrogen (secondary N) is 1. The summed E-state index contributed by atoms with van der Waals surface area (Å²) in [5, 5.41) is 2.34. The number of hydrogen-bond donors (Lipinski definition) is 2. The SMILES string of the molecule is NC1=N[C@@](c2cc(NC(=O)c3ccc(Br)cn3)cc(F)c2F)(C(F)F)[C@H]2C[C@H]2O1. The van der Waals surface area contributed by atoms with Crippen LogP contribution in [0.3, 0.4) is 0 Å². The van der Waals surface area contributed by atoms with Crippen LogP contribution in [0.25, 0.3) is 0 Å². The zero-order chi connectivity index (χ0) is 20.9. The van der Waals surface area contributed by atoms with Crippen molar-refractivity contribution in [1.82, 2.24) is 4.98 Å². The number of aliphatic imine (C=N–C) groups is 1. The Morgan fingerprint density at radius 3 is 2.76 bits per heavy atom. The number of halogens is 5. The summed E-state index contributed by atoms with van der Waals surface area (Å²) in [6.07, 6.45) is -2.26. The second-order valence-corrected chi connectivity index (χ2v) is 7.63. The highest BCUT2D eigenvalue weighted by atomic mass is 79.9. The molecule has 0 radical (unpaired) electrons. The van der Waals surface area contributed by atoms with E-state index >= 15 is 0 Å². The lowest BCUT2D eigenvalue weighted by Gasteiger charge is -2.33. The molecule has 1 amide bonds. The summed E-state index contributed by atoms with van der Waals surface area (Å²) in [7, 11) is 0. The lowest BCUT2D eigenvalue weighted by molar-refractivity contribution is 0.0173. The molecule has 6 nitrogen and oxygen atoms in total. The Morgan fingerprint density at radius 2 is 2.10 bits per heavy atom. The molecule has 0 bridgehead atoms. The number of anilines is 1. The largest absolute Gasteiger partial charge is 0.462 e. The van der Waals surface area contributed by atoms with Crippen molar-refractivity contribution in [2.75, 3.05) is 5.32 Å². The molecule has 3 N–H and O–H groups in total. The van der Waals surface area contributed by atoms with Crippen molar-refractivity contribution in [3.8, 4) is 0 Å². The first-order chi connectivity index (χ1) is 13.7. The van der Waals surface area contributed by atoms with Gasteiger partial charge >= 0.3 is 0 Å². The number of amides is 1. The minimum Gasteiger partial charge on any atom is -0.462 e. The van der Waals surface area contributed by atoms with E-state index in [1.54, 1.807) is 6.07 Å². The van der Waals surface area contributed by atoms with E-state index in [2.05, 4.69) is 31.2 Å². The fourth-order valence-electron chi connectivity index (χ4n) is 3.46. The van der Waals surface area contributed by atoms with Crippen LogP contribution in [0.5, 0.6) is 0 Å². The number of benzene rings is 1. The van der Waals surface area contributed by atoms with Gasteiger partial charge in [0.2, 0.25) is 0 Å². The summed E-state index contributed by atoms with van der Waals surface area (Å²) in [5.41, 5.74) is 2.19. The molecule has 1 saturated carbocycles. The number of carbonyl (C=O) groups excluding carboxylic acids is 1. The van der Waals surface area contributed by atoms with Crippen molar-refractivity contribution >= 4 is 33.5 Å². The Labute approximate surface area is 170 Å². The van der Waals surface area contributed by atoms with Crippen LogP contribution < -0.4 is 11.1 Å². The number of rotatable bonds is 4. The van der Waals surface area contributed by atoms with Crippen molar-refractivity contribution in [2.24, 2.45) is 16.6 Å². The van der Waals surface area contributed by atoms with Gasteiger partial charge in [-0.1, -0.05) is 0 Å². The summed E-state index contributed by atoms with van der Waals surface area (Å²) in [5.74, 6) is -4.46. The number of hydrogen-bond acceptors (Lipinski definition) is 5. The number of ether oxygens (including phenoxy) is 1. The summed E-state index contributed by atoms with van der Waals surface area (Å²) < 4.78 is 62.8. The maximum Gasteiger partial charge on any atom is 0.283 e. The zero-order valence-corrected chi connectivity index (χ0v) is 16.1. The number of amidine groups is 1. The van der Waals surface area contributed by atoms with E-state index in [0.29, 0.717) is 10.5 Å². The van der Waals surface area contributed by atoms with Crippen LogP contribution in [-0.2, 0) is 10.3 Å². The third-order valence-electron chi connectivity index (χ3n) is 4.87.